The van der Waals surface area contributed by atoms with E-state index < -0.39 is 23.8 Å². The van der Waals surface area contributed by atoms with Crippen molar-refractivity contribution >= 4 is 54.1 Å². The molecule has 0 spiro atoms. The van der Waals surface area contributed by atoms with Crippen LogP contribution in [0.3, 0.4) is 0 Å². The van der Waals surface area contributed by atoms with Gasteiger partial charge in [-0.05, 0) is 18.6 Å². The van der Waals surface area contributed by atoms with Crippen molar-refractivity contribution in [1.82, 2.24) is 15.1 Å². The molecule has 3 N–H and O–H groups in total. The summed E-state index contributed by atoms with van der Waals surface area (Å²) in [6.45, 7) is 6.54. The number of halogens is 2. The number of carbonyl (C=O) groups excluding carboxylic acids is 4. The van der Waals surface area contributed by atoms with Gasteiger partial charge in [-0.1, -0.05) is 6.07 Å². The Labute approximate surface area is 222 Å². The highest BCUT2D eigenvalue weighted by atomic mass is 35.5. The maximum Gasteiger partial charge on any atom is 0.264 e. The molecule has 4 rings (SSSR count). The predicted molar refractivity (Wildman–Crippen MR) is 137 cm³/mol. The van der Waals surface area contributed by atoms with Crippen molar-refractivity contribution in [2.75, 3.05) is 70.6 Å². The number of piperidine rings is 1. The standard InChI is InChI=1S/C23H31N5O6.2ClH/c24-6-12-33-14-15-34-13-11-26-7-9-27(10-8-26)17-3-1-2-16-20(17)23(32)28(22(16)31)18-4-5-19(29)25-21(18)30;;/h1-3,18H,4-15,24H2,(H,25,29,30);2*1H. The van der Waals surface area contributed by atoms with Crippen molar-refractivity contribution in [2.45, 2.75) is 18.9 Å². The molecule has 11 nitrogen and oxygen atoms in total. The van der Waals surface area contributed by atoms with E-state index >= 15 is 0 Å². The highest BCUT2D eigenvalue weighted by molar-refractivity contribution is 6.25. The van der Waals surface area contributed by atoms with Gasteiger partial charge in [-0.3, -0.25) is 34.3 Å². The molecule has 13 heteroatoms. The minimum Gasteiger partial charge on any atom is -0.378 e. The van der Waals surface area contributed by atoms with Gasteiger partial charge in [0.05, 0.1) is 43.2 Å². The van der Waals surface area contributed by atoms with Crippen molar-refractivity contribution in [3.05, 3.63) is 29.3 Å². The summed E-state index contributed by atoms with van der Waals surface area (Å²) in [5.74, 6) is -1.95. The van der Waals surface area contributed by atoms with E-state index in [9.17, 15) is 19.2 Å². The Hall–Kier alpha value is -2.28. The van der Waals surface area contributed by atoms with E-state index in [0.717, 1.165) is 24.5 Å². The Morgan fingerprint density at radius 3 is 2.28 bits per heavy atom. The summed E-state index contributed by atoms with van der Waals surface area (Å²) in [6, 6.07) is 4.27. The van der Waals surface area contributed by atoms with Gasteiger partial charge in [0, 0.05) is 45.7 Å². The first kappa shape index (κ1) is 29.9. The number of anilines is 1. The molecule has 2 fully saturated rings. The third-order valence-electron chi connectivity index (χ3n) is 6.35. The zero-order valence-electron chi connectivity index (χ0n) is 20.0. The summed E-state index contributed by atoms with van der Waals surface area (Å²) in [7, 11) is 0. The van der Waals surface area contributed by atoms with E-state index in [2.05, 4.69) is 15.1 Å². The lowest BCUT2D eigenvalue weighted by atomic mass is 10.0. The molecule has 200 valence electrons. The molecule has 3 aliphatic rings. The van der Waals surface area contributed by atoms with Gasteiger partial charge in [-0.2, -0.15) is 0 Å². The van der Waals surface area contributed by atoms with E-state index in [1.54, 1.807) is 12.1 Å². The molecule has 0 aliphatic carbocycles. The summed E-state index contributed by atoms with van der Waals surface area (Å²) < 4.78 is 10.9. The predicted octanol–water partition coefficient (Wildman–Crippen LogP) is 0.0453. The number of nitrogens with zero attached hydrogens (tertiary/aromatic N) is 3. The van der Waals surface area contributed by atoms with Crippen LogP contribution in [0.15, 0.2) is 18.2 Å². The van der Waals surface area contributed by atoms with Crippen LogP contribution in [0.5, 0.6) is 0 Å². The van der Waals surface area contributed by atoms with Crippen molar-refractivity contribution in [3.63, 3.8) is 0 Å². The highest BCUT2D eigenvalue weighted by Gasteiger charge is 2.46. The van der Waals surface area contributed by atoms with Crippen molar-refractivity contribution in [3.8, 4) is 0 Å². The van der Waals surface area contributed by atoms with Crippen LogP contribution < -0.4 is 16.0 Å². The first-order valence-electron chi connectivity index (χ1n) is 11.7. The molecule has 0 radical (unpaired) electrons. The number of nitrogens with two attached hydrogens (primary N) is 1. The number of hydrogen-bond donors (Lipinski definition) is 2. The number of imide groups is 2. The molecule has 4 amide bonds. The van der Waals surface area contributed by atoms with Crippen LogP contribution in [0.25, 0.3) is 0 Å². The topological polar surface area (TPSA) is 135 Å². The summed E-state index contributed by atoms with van der Waals surface area (Å²) >= 11 is 0. The van der Waals surface area contributed by atoms with Crippen LogP contribution in [0.4, 0.5) is 5.69 Å². The Balaban J connectivity index is 0.00000228. The summed E-state index contributed by atoms with van der Waals surface area (Å²) in [4.78, 5) is 55.6. The molecule has 1 aromatic rings. The maximum atomic E-state index is 13.3. The van der Waals surface area contributed by atoms with E-state index in [0.29, 0.717) is 62.9 Å². The summed E-state index contributed by atoms with van der Waals surface area (Å²) in [6.07, 6.45) is 0.244. The summed E-state index contributed by atoms with van der Waals surface area (Å²) in [5.41, 5.74) is 6.73. The smallest absolute Gasteiger partial charge is 0.264 e. The van der Waals surface area contributed by atoms with Crippen LogP contribution in [0, 0.1) is 0 Å². The van der Waals surface area contributed by atoms with Gasteiger partial charge in [0.2, 0.25) is 11.8 Å². The average molecular weight is 546 g/mol. The first-order chi connectivity index (χ1) is 16.5. The van der Waals surface area contributed by atoms with Gasteiger partial charge in [0.15, 0.2) is 0 Å². The molecular formula is C23H33Cl2N5O6. The number of ether oxygens (including phenoxy) is 2. The molecular weight excluding hydrogens is 513 g/mol. The lowest BCUT2D eigenvalue weighted by Crippen LogP contribution is -2.54. The number of rotatable bonds is 10. The van der Waals surface area contributed by atoms with E-state index in [-0.39, 0.29) is 43.6 Å². The lowest BCUT2D eigenvalue weighted by Gasteiger charge is -2.36. The third kappa shape index (κ3) is 6.53. The van der Waals surface area contributed by atoms with Gasteiger partial charge >= 0.3 is 0 Å². The quantitative estimate of drug-likeness (QED) is 0.308. The fourth-order valence-corrected chi connectivity index (χ4v) is 4.57. The molecule has 1 unspecified atom stereocenters. The molecule has 3 aliphatic heterocycles. The van der Waals surface area contributed by atoms with Crippen molar-refractivity contribution in [1.29, 1.82) is 0 Å². The van der Waals surface area contributed by atoms with Crippen molar-refractivity contribution < 1.29 is 28.7 Å². The Morgan fingerprint density at radius 2 is 1.61 bits per heavy atom. The van der Waals surface area contributed by atoms with Gasteiger partial charge in [0.25, 0.3) is 11.8 Å². The molecule has 1 aromatic carbocycles. The fraction of sp³-hybridized carbons (Fsp3) is 0.565. The Morgan fingerprint density at radius 1 is 0.917 bits per heavy atom. The molecule has 36 heavy (non-hydrogen) atoms. The fourth-order valence-electron chi connectivity index (χ4n) is 4.57. The number of amides is 4. The molecule has 1 atom stereocenters. The normalized spacial score (nSPS) is 20.1. The molecule has 3 heterocycles. The Bertz CT molecular complexity index is 957. The van der Waals surface area contributed by atoms with E-state index in [1.807, 2.05) is 6.07 Å². The zero-order valence-corrected chi connectivity index (χ0v) is 21.6. The number of piperazine rings is 1. The van der Waals surface area contributed by atoms with Gasteiger partial charge in [0.1, 0.15) is 6.04 Å². The first-order valence-corrected chi connectivity index (χ1v) is 11.7. The van der Waals surface area contributed by atoms with Crippen LogP contribution >= 0.6 is 24.8 Å². The average Bonchev–Trinajstić information content (AvgIpc) is 3.09. The van der Waals surface area contributed by atoms with Gasteiger partial charge in [-0.15, -0.1) is 24.8 Å². The van der Waals surface area contributed by atoms with Crippen LogP contribution in [-0.2, 0) is 19.1 Å². The van der Waals surface area contributed by atoms with Gasteiger partial charge in [-0.25, -0.2) is 0 Å². The molecule has 0 saturated carbocycles. The van der Waals surface area contributed by atoms with Crippen LogP contribution in [0.1, 0.15) is 33.6 Å². The minimum absolute atomic E-state index is 0. The van der Waals surface area contributed by atoms with Crippen LogP contribution in [-0.4, -0.2) is 105 Å². The largest absolute Gasteiger partial charge is 0.378 e. The number of carbonyl (C=O) groups is 4. The van der Waals surface area contributed by atoms with E-state index in [4.69, 9.17) is 15.2 Å². The Kier molecular flexibility index (Phi) is 11.5. The van der Waals surface area contributed by atoms with E-state index in [1.165, 1.54) is 0 Å². The second-order valence-electron chi connectivity index (χ2n) is 8.49. The summed E-state index contributed by atoms with van der Waals surface area (Å²) in [5, 5.41) is 2.23. The molecule has 0 bridgehead atoms. The second kappa shape index (κ2) is 13.9. The number of nitrogens with one attached hydrogen (secondary N) is 1. The monoisotopic (exact) mass is 545 g/mol. The highest BCUT2D eigenvalue weighted by Crippen LogP contribution is 2.34. The number of benzene rings is 1. The lowest BCUT2D eigenvalue weighted by molar-refractivity contribution is -0.136. The third-order valence-corrected chi connectivity index (χ3v) is 6.35. The zero-order chi connectivity index (χ0) is 24.1. The number of hydrogen-bond acceptors (Lipinski definition) is 9. The molecule has 2 saturated heterocycles. The molecule has 0 aromatic heterocycles. The maximum absolute atomic E-state index is 13.3. The van der Waals surface area contributed by atoms with Crippen LogP contribution in [0.2, 0.25) is 0 Å². The van der Waals surface area contributed by atoms with Crippen molar-refractivity contribution in [2.24, 2.45) is 5.73 Å². The second-order valence-corrected chi connectivity index (χ2v) is 8.49. The minimum atomic E-state index is -0.962. The number of fused-ring (bicyclic) bond motifs is 1. The van der Waals surface area contributed by atoms with Gasteiger partial charge < -0.3 is 20.1 Å². The SMILES string of the molecule is Cl.Cl.NCCOCCOCCN1CCN(c2cccc3c2C(=O)N(C2CCC(=O)NC2=O)C3=O)CC1.